The molecule has 6 atom stereocenters. The number of ether oxygens (including phenoxy) is 1. The van der Waals surface area contributed by atoms with E-state index in [1.807, 2.05) is 0 Å². The lowest BCUT2D eigenvalue weighted by Gasteiger charge is -2.36. The van der Waals surface area contributed by atoms with Crippen LogP contribution in [-0.2, 0) is 31.6 Å². The molecule has 32 heavy (non-hydrogen) atoms. The molecule has 16 nitrogen and oxygen atoms in total. The van der Waals surface area contributed by atoms with Crippen molar-refractivity contribution in [1.82, 2.24) is 4.90 Å². The summed E-state index contributed by atoms with van der Waals surface area (Å²) in [7, 11) is -16.8. The molecule has 2 heterocycles. The number of phosphoric ester groups is 1. The van der Waals surface area contributed by atoms with Gasteiger partial charge in [0.1, 0.15) is 29.0 Å². The van der Waals surface area contributed by atoms with Gasteiger partial charge < -0.3 is 45.2 Å². The van der Waals surface area contributed by atoms with Gasteiger partial charge in [-0.25, -0.2) is 18.7 Å². The van der Waals surface area contributed by atoms with Crippen molar-refractivity contribution in [3.05, 3.63) is 24.2 Å². The molecule has 1 saturated heterocycles. The minimum Gasteiger partial charge on any atom is -0.387 e. The lowest BCUT2D eigenvalue weighted by molar-refractivity contribution is -0.130. The van der Waals surface area contributed by atoms with E-state index in [9.17, 15) is 33.7 Å². The molecule has 3 unspecified atom stereocenters. The first-order chi connectivity index (χ1) is 14.2. The Bertz CT molecular complexity index is 991. The third kappa shape index (κ3) is 6.13. The summed E-state index contributed by atoms with van der Waals surface area (Å²) >= 11 is 0. The zero-order valence-corrected chi connectivity index (χ0v) is 19.7. The van der Waals surface area contributed by atoms with E-state index in [1.54, 1.807) is 6.92 Å². The van der Waals surface area contributed by atoms with Gasteiger partial charge in [0.2, 0.25) is 0 Å². The molecular weight excluding hydrogens is 499 g/mol. The number of nitrogens with zero attached hydrogens (tertiary/aromatic N) is 2. The summed E-state index contributed by atoms with van der Waals surface area (Å²) in [5.41, 5.74) is 2.29. The Hall–Kier alpha value is -0.960. The topological polar surface area (TPSA) is 251 Å². The van der Waals surface area contributed by atoms with Crippen molar-refractivity contribution in [2.45, 2.75) is 44.3 Å². The smallest absolute Gasteiger partial charge is 0.387 e. The molecule has 0 aromatic carbocycles. The highest BCUT2D eigenvalue weighted by Crippen LogP contribution is 2.66. The second kappa shape index (κ2) is 8.67. The third-order valence-corrected chi connectivity index (χ3v) is 8.26. The normalized spacial score (nSPS) is 35.2. The van der Waals surface area contributed by atoms with Crippen molar-refractivity contribution in [1.29, 1.82) is 0 Å². The molecular formula is C13H24N3O13P3. The molecule has 0 aromatic rings. The van der Waals surface area contributed by atoms with Gasteiger partial charge in [0.25, 0.3) is 0 Å². The van der Waals surface area contributed by atoms with Gasteiger partial charge in [-0.1, -0.05) is 6.58 Å². The number of aliphatic hydroxyl groups is 2. The lowest BCUT2D eigenvalue weighted by atomic mass is 9.89. The summed E-state index contributed by atoms with van der Waals surface area (Å²) < 4.78 is 51.6. The zero-order valence-electron chi connectivity index (χ0n) is 17.0. The maximum Gasteiger partial charge on any atom is 0.490 e. The Balaban J connectivity index is 2.19. The van der Waals surface area contributed by atoms with Crippen LogP contribution in [0.1, 0.15) is 20.8 Å². The number of nitrogens with two attached hydrogens (primary N) is 1. The SMILES string of the molecule is C=C1N=C(N)C(C)=CN1[C@@H]1O[C@](C)(COP(=O)(O)OP(=O)(O)OP(=O)(O)O)[C@H](O)C1(C)O. The number of aliphatic imine (C=N–C) groups is 1. The summed E-state index contributed by atoms with van der Waals surface area (Å²) in [6.45, 7) is 6.71. The highest BCUT2D eigenvalue weighted by Gasteiger charge is 2.61. The van der Waals surface area contributed by atoms with Crippen LogP contribution in [0.4, 0.5) is 0 Å². The molecule has 2 aliphatic heterocycles. The Morgan fingerprint density at radius 3 is 2.31 bits per heavy atom. The van der Waals surface area contributed by atoms with E-state index in [-0.39, 0.29) is 11.7 Å². The maximum atomic E-state index is 12.0. The van der Waals surface area contributed by atoms with Crippen LogP contribution < -0.4 is 5.73 Å². The fourth-order valence-corrected chi connectivity index (χ4v) is 6.11. The van der Waals surface area contributed by atoms with E-state index in [0.717, 1.165) is 0 Å². The van der Waals surface area contributed by atoms with Gasteiger partial charge in [-0.2, -0.15) is 8.62 Å². The van der Waals surface area contributed by atoms with Crippen LogP contribution in [0.5, 0.6) is 0 Å². The second-order valence-electron chi connectivity index (χ2n) is 7.41. The molecule has 0 spiro atoms. The molecule has 0 amide bonds. The third-order valence-electron chi connectivity index (χ3n) is 4.48. The Kier molecular flexibility index (Phi) is 7.40. The average molecular weight is 523 g/mol. The average Bonchev–Trinajstić information content (AvgIpc) is 2.74. The van der Waals surface area contributed by atoms with Crippen molar-refractivity contribution in [2.24, 2.45) is 10.7 Å². The largest absolute Gasteiger partial charge is 0.490 e. The molecule has 0 aromatic heterocycles. The minimum absolute atomic E-state index is 0.0581. The summed E-state index contributed by atoms with van der Waals surface area (Å²) in [6, 6.07) is 0. The summed E-state index contributed by atoms with van der Waals surface area (Å²) in [4.78, 5) is 41.2. The van der Waals surface area contributed by atoms with E-state index in [1.165, 1.54) is 24.9 Å². The predicted octanol–water partition coefficient (Wildman–Crippen LogP) is -0.396. The minimum atomic E-state index is -5.72. The van der Waals surface area contributed by atoms with Crippen LogP contribution in [0.3, 0.4) is 0 Å². The Morgan fingerprint density at radius 2 is 1.78 bits per heavy atom. The van der Waals surface area contributed by atoms with Crippen LogP contribution in [0.15, 0.2) is 29.2 Å². The highest BCUT2D eigenvalue weighted by molar-refractivity contribution is 7.66. The first kappa shape index (κ1) is 27.3. The quantitative estimate of drug-likeness (QED) is 0.200. The first-order valence-electron chi connectivity index (χ1n) is 8.56. The first-order valence-corrected chi connectivity index (χ1v) is 13.1. The van der Waals surface area contributed by atoms with Crippen LogP contribution in [0.25, 0.3) is 0 Å². The number of amidine groups is 1. The molecule has 0 bridgehead atoms. The van der Waals surface area contributed by atoms with Crippen molar-refractivity contribution >= 4 is 29.3 Å². The van der Waals surface area contributed by atoms with Crippen LogP contribution in [-0.4, -0.2) is 70.7 Å². The Labute approximate surface area is 182 Å². The van der Waals surface area contributed by atoms with Gasteiger partial charge in [0.15, 0.2) is 6.23 Å². The molecule has 1 fully saturated rings. The van der Waals surface area contributed by atoms with E-state index in [2.05, 4.69) is 24.7 Å². The monoisotopic (exact) mass is 523 g/mol. The Morgan fingerprint density at radius 1 is 1.22 bits per heavy atom. The van der Waals surface area contributed by atoms with Crippen LogP contribution in [0.2, 0.25) is 0 Å². The van der Waals surface area contributed by atoms with Gasteiger partial charge in [-0.15, -0.1) is 0 Å². The number of hydrogen-bond acceptors (Lipinski definition) is 12. The second-order valence-corrected chi connectivity index (χ2v) is 11.8. The molecule has 19 heteroatoms. The number of aliphatic hydroxyl groups excluding tert-OH is 1. The summed E-state index contributed by atoms with van der Waals surface area (Å²) in [5.74, 6) is 0.225. The number of hydrogen-bond donors (Lipinski definition) is 7. The van der Waals surface area contributed by atoms with Crippen molar-refractivity contribution in [3.8, 4) is 0 Å². The van der Waals surface area contributed by atoms with Crippen molar-refractivity contribution in [3.63, 3.8) is 0 Å². The molecule has 8 N–H and O–H groups in total. The molecule has 2 aliphatic rings. The molecule has 0 saturated carbocycles. The standard InChI is InChI=1S/C13H24N3O13P3/c1-7-5-16(8(2)15-9(7)14)11-13(4,18)10(17)12(3,27-11)6-26-31(22,23)29-32(24,25)28-30(19,20)21/h5,10-11,17-18H,2,6H2,1,3-4H3,(H2,14,15)(H,22,23)(H,24,25)(H2,19,20,21)/t10-,11+,12+,13?/m0/s1. The summed E-state index contributed by atoms with van der Waals surface area (Å²) in [6.07, 6.45) is -1.63. The van der Waals surface area contributed by atoms with Gasteiger partial charge >= 0.3 is 23.5 Å². The fraction of sp³-hybridized carbons (Fsp3) is 0.615. The van der Waals surface area contributed by atoms with E-state index >= 15 is 0 Å². The van der Waals surface area contributed by atoms with Gasteiger partial charge in [-0.3, -0.25) is 4.52 Å². The maximum absolute atomic E-state index is 12.0. The predicted molar refractivity (Wildman–Crippen MR) is 106 cm³/mol. The van der Waals surface area contributed by atoms with E-state index < -0.39 is 53.6 Å². The van der Waals surface area contributed by atoms with E-state index in [4.69, 9.17) is 20.3 Å². The van der Waals surface area contributed by atoms with Crippen molar-refractivity contribution < 1.29 is 61.4 Å². The van der Waals surface area contributed by atoms with Gasteiger partial charge in [0.05, 0.1) is 6.61 Å². The van der Waals surface area contributed by atoms with Crippen LogP contribution >= 0.6 is 23.5 Å². The number of rotatable bonds is 8. The van der Waals surface area contributed by atoms with E-state index in [0.29, 0.717) is 5.57 Å². The molecule has 184 valence electrons. The lowest BCUT2D eigenvalue weighted by Crippen LogP contribution is -2.53. The molecule has 2 rings (SSSR count). The zero-order chi connectivity index (χ0) is 24.9. The fourth-order valence-electron chi connectivity index (χ4n) is 2.99. The van der Waals surface area contributed by atoms with Crippen molar-refractivity contribution in [2.75, 3.05) is 6.61 Å². The highest BCUT2D eigenvalue weighted by atomic mass is 31.3. The van der Waals surface area contributed by atoms with Gasteiger partial charge in [-0.05, 0) is 20.8 Å². The van der Waals surface area contributed by atoms with Gasteiger partial charge in [0, 0.05) is 11.8 Å². The summed E-state index contributed by atoms with van der Waals surface area (Å²) in [5, 5.41) is 21.5. The molecule has 0 radical (unpaired) electrons. The molecule has 0 aliphatic carbocycles. The number of phosphoric acid groups is 3. The van der Waals surface area contributed by atoms with Crippen LogP contribution in [0, 0.1) is 0 Å².